The van der Waals surface area contributed by atoms with Crippen LogP contribution in [0.4, 0.5) is 0 Å². The highest BCUT2D eigenvalue weighted by atomic mass is 16.5. The van der Waals surface area contributed by atoms with Gasteiger partial charge in [0.2, 0.25) is 0 Å². The smallest absolute Gasteiger partial charge is 0.160 e. The lowest BCUT2D eigenvalue weighted by Crippen LogP contribution is -2.34. The van der Waals surface area contributed by atoms with Gasteiger partial charge in [-0.1, -0.05) is 158 Å². The van der Waals surface area contributed by atoms with Gasteiger partial charge in [-0.25, -0.2) is 9.97 Å². The first-order valence-electron chi connectivity index (χ1n) is 16.2. The molecular formula is C45H30N2O. The highest BCUT2D eigenvalue weighted by molar-refractivity contribution is 5.94. The van der Waals surface area contributed by atoms with Crippen LogP contribution in [0.25, 0.3) is 44.7 Å². The summed E-state index contributed by atoms with van der Waals surface area (Å²) in [5.74, 6) is 2.48. The van der Waals surface area contributed by atoms with E-state index in [1.165, 1.54) is 11.1 Å². The van der Waals surface area contributed by atoms with Crippen LogP contribution in [0.3, 0.4) is 0 Å². The Hall–Kier alpha value is -6.32. The average Bonchev–Trinajstić information content (AvgIpc) is 3.17. The number of benzene rings is 7. The first kappa shape index (κ1) is 27.9. The highest BCUT2D eigenvalue weighted by Crippen LogP contribution is 2.55. The maximum atomic E-state index is 6.50. The molecular weight excluding hydrogens is 585 g/mol. The normalized spacial score (nSPS) is 12.9. The van der Waals surface area contributed by atoms with Gasteiger partial charge in [-0.3, -0.25) is 0 Å². The zero-order valence-corrected chi connectivity index (χ0v) is 26.1. The molecule has 0 N–H and O–H groups in total. The second-order valence-electron chi connectivity index (χ2n) is 12.1. The molecule has 0 radical (unpaired) electrons. The summed E-state index contributed by atoms with van der Waals surface area (Å²) in [5.41, 5.74) is 10.3. The van der Waals surface area contributed by atoms with E-state index in [1.54, 1.807) is 0 Å². The molecule has 0 unspecified atom stereocenters. The zero-order chi connectivity index (χ0) is 31.9. The van der Waals surface area contributed by atoms with Crippen molar-refractivity contribution in [2.45, 2.75) is 5.41 Å². The van der Waals surface area contributed by atoms with Crippen molar-refractivity contribution in [1.29, 1.82) is 0 Å². The van der Waals surface area contributed by atoms with E-state index in [2.05, 4.69) is 140 Å². The molecule has 226 valence electrons. The molecule has 0 spiro atoms. The lowest BCUT2D eigenvalue weighted by molar-refractivity contribution is 0.434. The third-order valence-electron chi connectivity index (χ3n) is 9.43. The van der Waals surface area contributed by atoms with Gasteiger partial charge in [0.05, 0.1) is 16.6 Å². The van der Waals surface area contributed by atoms with E-state index in [0.29, 0.717) is 0 Å². The molecule has 1 aromatic heterocycles. The lowest BCUT2D eigenvalue weighted by Gasteiger charge is -2.41. The van der Waals surface area contributed by atoms with Gasteiger partial charge in [0.15, 0.2) is 5.82 Å². The van der Waals surface area contributed by atoms with Gasteiger partial charge in [-0.15, -0.1) is 0 Å². The van der Waals surface area contributed by atoms with E-state index in [0.717, 1.165) is 67.3 Å². The van der Waals surface area contributed by atoms with Crippen molar-refractivity contribution in [1.82, 2.24) is 9.97 Å². The van der Waals surface area contributed by atoms with Crippen LogP contribution in [0.2, 0.25) is 0 Å². The highest BCUT2D eigenvalue weighted by Gasteiger charge is 2.45. The second-order valence-corrected chi connectivity index (χ2v) is 12.1. The molecule has 48 heavy (non-hydrogen) atoms. The number of fused-ring (bicyclic) bond motifs is 3. The van der Waals surface area contributed by atoms with Crippen molar-refractivity contribution >= 4 is 10.9 Å². The minimum atomic E-state index is -0.559. The van der Waals surface area contributed by atoms with Crippen LogP contribution < -0.4 is 4.74 Å². The monoisotopic (exact) mass is 614 g/mol. The van der Waals surface area contributed by atoms with Crippen molar-refractivity contribution in [3.63, 3.8) is 0 Å². The summed E-state index contributed by atoms with van der Waals surface area (Å²) >= 11 is 0. The Bertz CT molecular complexity index is 2370. The number of para-hydroxylation sites is 3. The molecule has 3 nitrogen and oxygen atoms in total. The van der Waals surface area contributed by atoms with Gasteiger partial charge in [0.25, 0.3) is 0 Å². The lowest BCUT2D eigenvalue weighted by atomic mass is 9.63. The van der Waals surface area contributed by atoms with E-state index in [4.69, 9.17) is 14.7 Å². The van der Waals surface area contributed by atoms with E-state index in [9.17, 15) is 0 Å². The Balaban J connectivity index is 1.19. The molecule has 0 saturated heterocycles. The number of hydrogen-bond donors (Lipinski definition) is 0. The van der Waals surface area contributed by atoms with E-state index in [-0.39, 0.29) is 0 Å². The predicted molar refractivity (Wildman–Crippen MR) is 194 cm³/mol. The Labute approximate surface area is 279 Å². The Morgan fingerprint density at radius 3 is 1.69 bits per heavy atom. The summed E-state index contributed by atoms with van der Waals surface area (Å²) in [5, 5.41) is 1.04. The molecule has 1 aliphatic rings. The predicted octanol–water partition coefficient (Wildman–Crippen LogP) is 11.1. The van der Waals surface area contributed by atoms with E-state index >= 15 is 0 Å². The summed E-state index contributed by atoms with van der Waals surface area (Å²) < 4.78 is 6.50. The van der Waals surface area contributed by atoms with Crippen LogP contribution in [0.5, 0.6) is 11.5 Å². The Morgan fingerprint density at radius 1 is 0.396 bits per heavy atom. The average molecular weight is 615 g/mol. The van der Waals surface area contributed by atoms with Crippen molar-refractivity contribution in [3.05, 3.63) is 204 Å². The SMILES string of the molecule is c1ccc(-c2nc(-c3ccc(-c4cccc(C5(c6ccccc6)c6ccccc6Oc6ccccc65)c4)cc3)c3ccccc3n2)cc1. The fourth-order valence-corrected chi connectivity index (χ4v) is 7.24. The molecule has 2 heterocycles. The molecule has 0 atom stereocenters. The van der Waals surface area contributed by atoms with Crippen LogP contribution in [0, 0.1) is 0 Å². The summed E-state index contributed by atoms with van der Waals surface area (Å²) in [6, 6.07) is 63.8. The topological polar surface area (TPSA) is 35.0 Å². The van der Waals surface area contributed by atoms with Crippen LogP contribution in [0.1, 0.15) is 22.3 Å². The van der Waals surface area contributed by atoms with Gasteiger partial charge < -0.3 is 4.74 Å². The van der Waals surface area contributed by atoms with Gasteiger partial charge in [0, 0.05) is 27.6 Å². The third-order valence-corrected chi connectivity index (χ3v) is 9.43. The zero-order valence-electron chi connectivity index (χ0n) is 26.1. The number of aromatic nitrogens is 2. The van der Waals surface area contributed by atoms with E-state index < -0.39 is 5.41 Å². The van der Waals surface area contributed by atoms with Gasteiger partial charge in [-0.05, 0) is 46.5 Å². The Kier molecular flexibility index (Phi) is 6.69. The summed E-state index contributed by atoms with van der Waals surface area (Å²) in [4.78, 5) is 9.98. The summed E-state index contributed by atoms with van der Waals surface area (Å²) in [6.07, 6.45) is 0. The van der Waals surface area contributed by atoms with Gasteiger partial charge >= 0.3 is 0 Å². The van der Waals surface area contributed by atoms with Gasteiger partial charge in [0.1, 0.15) is 11.5 Å². The molecule has 0 bridgehead atoms. The van der Waals surface area contributed by atoms with Crippen LogP contribution >= 0.6 is 0 Å². The fourth-order valence-electron chi connectivity index (χ4n) is 7.24. The first-order valence-corrected chi connectivity index (χ1v) is 16.2. The second kappa shape index (κ2) is 11.5. The van der Waals surface area contributed by atoms with Crippen molar-refractivity contribution in [2.24, 2.45) is 0 Å². The standard InChI is InChI=1S/C45H30N2O/c1-3-14-33(15-4-1)44-46-40-23-10-7-20-37(40)43(47-44)32-28-26-31(27-29-32)34-16-13-19-36(30-34)45(35-17-5-2-6-18-35)38-21-8-11-24-41(38)48-42-25-12-9-22-39(42)45/h1-30H. The molecule has 0 amide bonds. The molecule has 3 heteroatoms. The van der Waals surface area contributed by atoms with Crippen molar-refractivity contribution in [2.75, 3.05) is 0 Å². The molecule has 0 aliphatic carbocycles. The summed E-state index contributed by atoms with van der Waals surface area (Å²) in [6.45, 7) is 0. The fraction of sp³-hybridized carbons (Fsp3) is 0.0222. The molecule has 8 aromatic rings. The maximum absolute atomic E-state index is 6.50. The number of nitrogens with zero attached hydrogens (tertiary/aromatic N) is 2. The number of ether oxygens (including phenoxy) is 1. The minimum Gasteiger partial charge on any atom is -0.457 e. The summed E-state index contributed by atoms with van der Waals surface area (Å²) in [7, 11) is 0. The molecule has 7 aromatic carbocycles. The third kappa shape index (κ3) is 4.51. The molecule has 9 rings (SSSR count). The number of rotatable bonds is 5. The largest absolute Gasteiger partial charge is 0.457 e. The van der Waals surface area contributed by atoms with Crippen LogP contribution in [-0.2, 0) is 5.41 Å². The van der Waals surface area contributed by atoms with Crippen molar-refractivity contribution < 1.29 is 4.74 Å². The number of hydrogen-bond acceptors (Lipinski definition) is 3. The minimum absolute atomic E-state index is 0.559. The Morgan fingerprint density at radius 2 is 0.958 bits per heavy atom. The molecule has 0 saturated carbocycles. The maximum Gasteiger partial charge on any atom is 0.160 e. The van der Waals surface area contributed by atoms with E-state index in [1.807, 2.05) is 42.5 Å². The first-order chi connectivity index (χ1) is 23.8. The van der Waals surface area contributed by atoms with Crippen LogP contribution in [-0.4, -0.2) is 9.97 Å². The quantitative estimate of drug-likeness (QED) is 0.193. The van der Waals surface area contributed by atoms with Gasteiger partial charge in [-0.2, -0.15) is 0 Å². The molecule has 1 aliphatic heterocycles. The van der Waals surface area contributed by atoms with Crippen molar-refractivity contribution in [3.8, 4) is 45.3 Å². The molecule has 0 fully saturated rings. The van der Waals surface area contributed by atoms with Crippen LogP contribution in [0.15, 0.2) is 182 Å².